The highest BCUT2D eigenvalue weighted by Crippen LogP contribution is 2.24. The van der Waals surface area contributed by atoms with Crippen molar-refractivity contribution in [2.24, 2.45) is 0 Å². The summed E-state index contributed by atoms with van der Waals surface area (Å²) in [6.45, 7) is 0. The molecule has 0 unspecified atom stereocenters. The molecule has 1 aromatic heterocycles. The van der Waals surface area contributed by atoms with E-state index in [9.17, 15) is 9.18 Å². The van der Waals surface area contributed by atoms with Gasteiger partial charge in [0.2, 0.25) is 0 Å². The molecule has 0 spiro atoms. The van der Waals surface area contributed by atoms with Crippen molar-refractivity contribution in [2.75, 3.05) is 5.32 Å². The number of hydrogen-bond donors (Lipinski definition) is 1. The molecule has 0 aliphatic carbocycles. The number of amides is 1. The minimum Gasteiger partial charge on any atom is -0.320 e. The number of pyridine rings is 1. The molecule has 3 rings (SSSR count). The van der Waals surface area contributed by atoms with Crippen LogP contribution in [0.15, 0.2) is 54.7 Å². The number of aromatic nitrogens is 1. The Morgan fingerprint density at radius 1 is 1.10 bits per heavy atom. The summed E-state index contributed by atoms with van der Waals surface area (Å²) in [5, 5.41) is 3.66. The van der Waals surface area contributed by atoms with Crippen molar-refractivity contribution in [1.82, 2.24) is 4.98 Å². The third-order valence-corrected chi connectivity index (χ3v) is 3.32. The van der Waals surface area contributed by atoms with E-state index in [1.165, 1.54) is 12.1 Å². The van der Waals surface area contributed by atoms with Crippen LogP contribution in [0.3, 0.4) is 0 Å². The molecule has 0 aliphatic rings. The molecule has 0 saturated carbocycles. The van der Waals surface area contributed by atoms with E-state index in [0.717, 1.165) is 0 Å². The molecule has 0 saturated heterocycles. The van der Waals surface area contributed by atoms with Crippen LogP contribution in [-0.2, 0) is 0 Å². The second kappa shape index (κ2) is 5.50. The van der Waals surface area contributed by atoms with Gasteiger partial charge in [0.1, 0.15) is 5.82 Å². The maximum Gasteiger partial charge on any atom is 0.255 e. The van der Waals surface area contributed by atoms with Crippen LogP contribution < -0.4 is 5.32 Å². The number of carbonyl (C=O) groups is 1. The number of nitrogens with one attached hydrogen (secondary N) is 1. The molecule has 104 valence electrons. The molecule has 3 nitrogen and oxygen atoms in total. The van der Waals surface area contributed by atoms with Crippen molar-refractivity contribution in [2.45, 2.75) is 0 Å². The van der Waals surface area contributed by atoms with Crippen molar-refractivity contribution in [3.63, 3.8) is 0 Å². The summed E-state index contributed by atoms with van der Waals surface area (Å²) in [4.78, 5) is 16.3. The Hall–Kier alpha value is -2.46. The van der Waals surface area contributed by atoms with Crippen molar-refractivity contribution in [3.8, 4) is 0 Å². The number of rotatable bonds is 2. The smallest absolute Gasteiger partial charge is 0.255 e. The summed E-state index contributed by atoms with van der Waals surface area (Å²) < 4.78 is 13.7. The predicted molar refractivity (Wildman–Crippen MR) is 81.1 cm³/mol. The Morgan fingerprint density at radius 2 is 1.86 bits per heavy atom. The first-order chi connectivity index (χ1) is 10.1. The highest BCUT2D eigenvalue weighted by molar-refractivity contribution is 6.30. The quantitative estimate of drug-likeness (QED) is 0.767. The van der Waals surface area contributed by atoms with E-state index in [0.29, 0.717) is 27.2 Å². The Bertz CT molecular complexity index is 818. The van der Waals surface area contributed by atoms with Gasteiger partial charge in [-0.3, -0.25) is 9.78 Å². The number of halogens is 2. The van der Waals surface area contributed by atoms with E-state index in [1.807, 2.05) is 0 Å². The molecule has 1 N–H and O–H groups in total. The molecule has 0 aliphatic heterocycles. The fourth-order valence-electron chi connectivity index (χ4n) is 2.03. The van der Waals surface area contributed by atoms with E-state index < -0.39 is 0 Å². The van der Waals surface area contributed by atoms with Gasteiger partial charge in [0.25, 0.3) is 5.91 Å². The monoisotopic (exact) mass is 300 g/mol. The van der Waals surface area contributed by atoms with Gasteiger partial charge in [-0.05, 0) is 48.5 Å². The van der Waals surface area contributed by atoms with Gasteiger partial charge in [-0.15, -0.1) is 0 Å². The average molecular weight is 301 g/mol. The van der Waals surface area contributed by atoms with Gasteiger partial charge in [0.05, 0.1) is 11.2 Å². The fraction of sp³-hybridized carbons (Fsp3) is 0. The molecular weight excluding hydrogens is 291 g/mol. The molecule has 1 amide bonds. The minimum atomic E-state index is -0.373. The molecule has 1 heterocycles. The van der Waals surface area contributed by atoms with Gasteiger partial charge in [0, 0.05) is 22.2 Å². The zero-order chi connectivity index (χ0) is 14.8. The third-order valence-electron chi connectivity index (χ3n) is 3.07. The Morgan fingerprint density at radius 3 is 2.62 bits per heavy atom. The van der Waals surface area contributed by atoms with Crippen molar-refractivity contribution in [3.05, 3.63) is 71.1 Å². The van der Waals surface area contributed by atoms with Crippen LogP contribution in [-0.4, -0.2) is 10.9 Å². The van der Waals surface area contributed by atoms with Crippen LogP contribution in [0.1, 0.15) is 10.4 Å². The number of nitrogens with zero attached hydrogens (tertiary/aromatic N) is 1. The van der Waals surface area contributed by atoms with Crippen LogP contribution in [0.25, 0.3) is 10.9 Å². The number of benzene rings is 2. The Labute approximate surface area is 125 Å². The lowest BCUT2D eigenvalue weighted by Gasteiger charge is -2.08. The molecule has 0 radical (unpaired) electrons. The lowest BCUT2D eigenvalue weighted by atomic mass is 10.1. The fourth-order valence-corrected chi connectivity index (χ4v) is 2.16. The lowest BCUT2D eigenvalue weighted by molar-refractivity contribution is 0.102. The van der Waals surface area contributed by atoms with Crippen molar-refractivity contribution >= 4 is 34.1 Å². The zero-order valence-corrected chi connectivity index (χ0v) is 11.6. The summed E-state index contributed by atoms with van der Waals surface area (Å²) in [6, 6.07) is 12.6. The largest absolute Gasteiger partial charge is 0.320 e. The highest BCUT2D eigenvalue weighted by Gasteiger charge is 2.11. The summed E-state index contributed by atoms with van der Waals surface area (Å²) in [7, 11) is 0. The lowest BCUT2D eigenvalue weighted by Crippen LogP contribution is -2.12. The van der Waals surface area contributed by atoms with Gasteiger partial charge in [-0.2, -0.15) is 0 Å². The number of carbonyl (C=O) groups excluding carboxylic acids is 1. The molecule has 5 heteroatoms. The van der Waals surface area contributed by atoms with Crippen LogP contribution in [0.2, 0.25) is 5.02 Å². The second-order valence-corrected chi connectivity index (χ2v) is 4.89. The van der Waals surface area contributed by atoms with Crippen LogP contribution in [0.4, 0.5) is 10.1 Å². The van der Waals surface area contributed by atoms with Crippen LogP contribution in [0, 0.1) is 5.82 Å². The standard InChI is InChI=1S/C16H10ClFN2O/c17-11-5-3-10(4-6-11)16(21)20-14-8-7-13(18)12-2-1-9-19-15(12)14/h1-9H,(H,20,21). The van der Waals surface area contributed by atoms with Crippen molar-refractivity contribution in [1.29, 1.82) is 0 Å². The summed E-state index contributed by atoms with van der Waals surface area (Å²) in [6.07, 6.45) is 1.56. The van der Waals surface area contributed by atoms with Gasteiger partial charge in [-0.1, -0.05) is 11.6 Å². The number of fused-ring (bicyclic) bond motifs is 1. The zero-order valence-electron chi connectivity index (χ0n) is 10.8. The van der Waals surface area contributed by atoms with E-state index >= 15 is 0 Å². The van der Waals surface area contributed by atoms with Crippen LogP contribution >= 0.6 is 11.6 Å². The van der Waals surface area contributed by atoms with E-state index in [-0.39, 0.29) is 11.7 Å². The molecule has 0 fully saturated rings. The second-order valence-electron chi connectivity index (χ2n) is 4.46. The Kier molecular flexibility index (Phi) is 3.54. The first kappa shape index (κ1) is 13.5. The molecule has 0 atom stereocenters. The maximum atomic E-state index is 13.7. The van der Waals surface area contributed by atoms with Gasteiger partial charge < -0.3 is 5.32 Å². The molecule has 21 heavy (non-hydrogen) atoms. The van der Waals surface area contributed by atoms with Crippen LogP contribution in [0.5, 0.6) is 0 Å². The predicted octanol–water partition coefficient (Wildman–Crippen LogP) is 4.28. The Balaban J connectivity index is 1.97. The normalized spacial score (nSPS) is 10.6. The van der Waals surface area contributed by atoms with E-state index in [4.69, 9.17) is 11.6 Å². The first-order valence-electron chi connectivity index (χ1n) is 6.25. The van der Waals surface area contributed by atoms with E-state index in [1.54, 1.807) is 42.6 Å². The SMILES string of the molecule is O=C(Nc1ccc(F)c2cccnc12)c1ccc(Cl)cc1. The maximum absolute atomic E-state index is 13.7. The molecule has 2 aromatic carbocycles. The highest BCUT2D eigenvalue weighted by atomic mass is 35.5. The van der Waals surface area contributed by atoms with Gasteiger partial charge in [0.15, 0.2) is 0 Å². The third kappa shape index (κ3) is 2.71. The molecule has 0 bridgehead atoms. The summed E-state index contributed by atoms with van der Waals surface area (Å²) in [5.41, 5.74) is 1.35. The van der Waals surface area contributed by atoms with Gasteiger partial charge >= 0.3 is 0 Å². The summed E-state index contributed by atoms with van der Waals surface area (Å²) in [5.74, 6) is -0.673. The van der Waals surface area contributed by atoms with E-state index in [2.05, 4.69) is 10.3 Å². The summed E-state index contributed by atoms with van der Waals surface area (Å²) >= 11 is 5.79. The topological polar surface area (TPSA) is 42.0 Å². The van der Waals surface area contributed by atoms with Crippen molar-refractivity contribution < 1.29 is 9.18 Å². The number of hydrogen-bond acceptors (Lipinski definition) is 2. The molecule has 3 aromatic rings. The molecular formula is C16H10ClFN2O. The number of anilines is 1. The first-order valence-corrected chi connectivity index (χ1v) is 6.63. The average Bonchev–Trinajstić information content (AvgIpc) is 2.51. The minimum absolute atomic E-state index is 0.301. The van der Waals surface area contributed by atoms with Gasteiger partial charge in [-0.25, -0.2) is 4.39 Å².